The van der Waals surface area contributed by atoms with Gasteiger partial charge in [0.1, 0.15) is 17.3 Å². The maximum absolute atomic E-state index is 11.0. The molecule has 0 aliphatic rings. The summed E-state index contributed by atoms with van der Waals surface area (Å²) >= 11 is 0. The van der Waals surface area contributed by atoms with Crippen molar-refractivity contribution in [3.8, 4) is 6.07 Å². The van der Waals surface area contributed by atoms with E-state index in [0.29, 0.717) is 0 Å². The summed E-state index contributed by atoms with van der Waals surface area (Å²) in [6, 6.07) is 1.90. The Kier molecular flexibility index (Phi) is 4.53. The fraction of sp³-hybridized carbons (Fsp3) is 0.400. The van der Waals surface area contributed by atoms with Gasteiger partial charge in [0.25, 0.3) is 5.69 Å². The molecule has 8 heteroatoms. The van der Waals surface area contributed by atoms with Gasteiger partial charge in [0, 0.05) is 14.2 Å². The quantitative estimate of drug-likeness (QED) is 0.589. The highest BCUT2D eigenvalue weighted by Crippen LogP contribution is 2.29. The minimum atomic E-state index is -0.555. The molecule has 0 unspecified atom stereocenters. The number of hydrogen-bond acceptors (Lipinski definition) is 7. The van der Waals surface area contributed by atoms with Crippen molar-refractivity contribution >= 4 is 11.5 Å². The van der Waals surface area contributed by atoms with E-state index in [4.69, 9.17) is 10.00 Å². The first kappa shape index (κ1) is 13.8. The lowest BCUT2D eigenvalue weighted by Crippen LogP contribution is -2.19. The molecule has 0 aromatic carbocycles. The van der Waals surface area contributed by atoms with Crippen LogP contribution in [0.4, 0.5) is 11.5 Å². The number of nitrogens with one attached hydrogen (secondary N) is 2. The van der Waals surface area contributed by atoms with E-state index >= 15 is 0 Å². The molecule has 2 N–H and O–H groups in total. The Morgan fingerprint density at radius 3 is 2.72 bits per heavy atom. The van der Waals surface area contributed by atoms with Gasteiger partial charge >= 0.3 is 0 Å². The Bertz CT molecular complexity index is 509. The lowest BCUT2D eigenvalue weighted by atomic mass is 10.1. The number of pyridine rings is 1. The summed E-state index contributed by atoms with van der Waals surface area (Å²) in [7, 11) is 3.03. The third-order valence-electron chi connectivity index (χ3n) is 2.31. The molecule has 0 saturated carbocycles. The van der Waals surface area contributed by atoms with Gasteiger partial charge in [-0.2, -0.15) is 5.26 Å². The smallest absolute Gasteiger partial charge is 0.297 e. The van der Waals surface area contributed by atoms with Crippen molar-refractivity contribution in [1.82, 2.24) is 10.4 Å². The monoisotopic (exact) mass is 251 g/mol. The number of aromatic nitrogens is 1. The van der Waals surface area contributed by atoms with Crippen LogP contribution in [0.5, 0.6) is 0 Å². The molecule has 1 aromatic heterocycles. The maximum atomic E-state index is 11.0. The molecule has 0 atom stereocenters. The van der Waals surface area contributed by atoms with E-state index in [0.717, 1.165) is 0 Å². The first-order chi connectivity index (χ1) is 8.56. The second-order valence-electron chi connectivity index (χ2n) is 3.43. The van der Waals surface area contributed by atoms with Crippen molar-refractivity contribution in [3.63, 3.8) is 0 Å². The summed E-state index contributed by atoms with van der Waals surface area (Å²) in [6.07, 6.45) is 0. The van der Waals surface area contributed by atoms with Gasteiger partial charge in [0.15, 0.2) is 5.82 Å². The third kappa shape index (κ3) is 2.53. The van der Waals surface area contributed by atoms with E-state index in [-0.39, 0.29) is 34.9 Å². The van der Waals surface area contributed by atoms with Gasteiger partial charge in [-0.1, -0.05) is 0 Å². The van der Waals surface area contributed by atoms with Crippen molar-refractivity contribution in [2.24, 2.45) is 0 Å². The normalized spacial score (nSPS) is 9.89. The number of nitriles is 1. The molecule has 1 heterocycles. The van der Waals surface area contributed by atoms with Gasteiger partial charge in [-0.3, -0.25) is 10.1 Å². The van der Waals surface area contributed by atoms with Crippen LogP contribution < -0.4 is 10.9 Å². The third-order valence-corrected chi connectivity index (χ3v) is 2.31. The number of methoxy groups -OCH3 is 1. The Morgan fingerprint density at radius 1 is 1.61 bits per heavy atom. The number of nitrogens with zero attached hydrogens (tertiary/aromatic N) is 3. The number of ether oxygens (including phenoxy) is 1. The van der Waals surface area contributed by atoms with Gasteiger partial charge in [0.05, 0.1) is 17.1 Å². The van der Waals surface area contributed by atoms with Crippen molar-refractivity contribution in [2.75, 3.05) is 19.6 Å². The fourth-order valence-corrected chi connectivity index (χ4v) is 1.58. The molecule has 0 saturated heterocycles. The van der Waals surface area contributed by atoms with E-state index in [1.165, 1.54) is 14.0 Å². The zero-order valence-corrected chi connectivity index (χ0v) is 10.3. The molecule has 8 nitrogen and oxygen atoms in total. The number of rotatable bonds is 5. The van der Waals surface area contributed by atoms with Crippen LogP contribution in [0.25, 0.3) is 0 Å². The van der Waals surface area contributed by atoms with E-state index in [9.17, 15) is 10.1 Å². The molecular formula is C10H13N5O3. The molecule has 0 radical (unpaired) electrons. The van der Waals surface area contributed by atoms with Crippen molar-refractivity contribution in [2.45, 2.75) is 13.5 Å². The van der Waals surface area contributed by atoms with E-state index in [2.05, 4.69) is 15.8 Å². The number of hydrogen-bond donors (Lipinski definition) is 2. The van der Waals surface area contributed by atoms with Crippen molar-refractivity contribution in [3.05, 3.63) is 26.9 Å². The molecule has 0 aliphatic carbocycles. The van der Waals surface area contributed by atoms with Crippen LogP contribution in [0.15, 0.2) is 0 Å². The summed E-state index contributed by atoms with van der Waals surface area (Å²) in [5.74, 6) is 0.246. The molecule has 96 valence electrons. The largest absolute Gasteiger partial charge is 0.378 e. The van der Waals surface area contributed by atoms with E-state index in [1.54, 1.807) is 7.05 Å². The Hall–Kier alpha value is -2.24. The number of hydrazine groups is 1. The van der Waals surface area contributed by atoms with Crippen LogP contribution in [0.1, 0.15) is 16.8 Å². The average Bonchev–Trinajstić information content (AvgIpc) is 2.29. The lowest BCUT2D eigenvalue weighted by molar-refractivity contribution is -0.386. The van der Waals surface area contributed by atoms with Crippen LogP contribution in [-0.2, 0) is 11.3 Å². The average molecular weight is 251 g/mol. The Labute approximate surface area is 104 Å². The van der Waals surface area contributed by atoms with Gasteiger partial charge in [0.2, 0.25) is 0 Å². The molecule has 1 aromatic rings. The molecule has 0 amide bonds. The molecule has 1 rings (SSSR count). The highest BCUT2D eigenvalue weighted by atomic mass is 16.6. The van der Waals surface area contributed by atoms with Crippen LogP contribution in [-0.4, -0.2) is 24.1 Å². The summed E-state index contributed by atoms with van der Waals surface area (Å²) in [6.45, 7) is 1.51. The van der Waals surface area contributed by atoms with Crippen LogP contribution in [0, 0.1) is 28.4 Å². The van der Waals surface area contributed by atoms with Crippen molar-refractivity contribution < 1.29 is 9.66 Å². The SMILES string of the molecule is CNNc1nc(COC)c([N+](=O)[O-])c(C)c1C#N. The molecule has 0 spiro atoms. The molecule has 0 bridgehead atoms. The first-order valence-electron chi connectivity index (χ1n) is 5.06. The van der Waals surface area contributed by atoms with Gasteiger partial charge < -0.3 is 10.2 Å². The second kappa shape index (κ2) is 5.90. The zero-order valence-electron chi connectivity index (χ0n) is 10.3. The predicted molar refractivity (Wildman–Crippen MR) is 63.7 cm³/mol. The van der Waals surface area contributed by atoms with Gasteiger partial charge in [-0.05, 0) is 6.92 Å². The second-order valence-corrected chi connectivity index (χ2v) is 3.43. The summed E-state index contributed by atoms with van der Waals surface area (Å²) in [5, 5.41) is 20.1. The highest BCUT2D eigenvalue weighted by molar-refractivity contribution is 5.63. The summed E-state index contributed by atoms with van der Waals surface area (Å²) < 4.78 is 4.88. The number of anilines is 1. The Morgan fingerprint density at radius 2 is 2.28 bits per heavy atom. The standard InChI is InChI=1S/C10H13N5O3/c1-6-7(4-11)10(14-12-2)13-8(5-18-3)9(6)15(16)17/h12H,5H2,1-3H3,(H,13,14). The minimum Gasteiger partial charge on any atom is -0.378 e. The zero-order chi connectivity index (χ0) is 13.7. The maximum Gasteiger partial charge on any atom is 0.297 e. The highest BCUT2D eigenvalue weighted by Gasteiger charge is 2.25. The predicted octanol–water partition coefficient (Wildman–Crippen LogP) is 0.863. The molecule has 0 fully saturated rings. The van der Waals surface area contributed by atoms with Crippen LogP contribution >= 0.6 is 0 Å². The molecule has 18 heavy (non-hydrogen) atoms. The van der Waals surface area contributed by atoms with Gasteiger partial charge in [-0.25, -0.2) is 10.4 Å². The first-order valence-corrected chi connectivity index (χ1v) is 5.06. The van der Waals surface area contributed by atoms with E-state index < -0.39 is 4.92 Å². The molecule has 0 aliphatic heterocycles. The van der Waals surface area contributed by atoms with Crippen LogP contribution in [0.3, 0.4) is 0 Å². The lowest BCUT2D eigenvalue weighted by Gasteiger charge is -2.11. The fourth-order valence-electron chi connectivity index (χ4n) is 1.58. The Balaban J connectivity index is 3.52. The van der Waals surface area contributed by atoms with Crippen molar-refractivity contribution in [1.29, 1.82) is 5.26 Å². The van der Waals surface area contributed by atoms with Crippen LogP contribution in [0.2, 0.25) is 0 Å². The number of nitro groups is 1. The minimum absolute atomic E-state index is 0.00125. The summed E-state index contributed by atoms with van der Waals surface area (Å²) in [5.41, 5.74) is 5.69. The summed E-state index contributed by atoms with van der Waals surface area (Å²) in [4.78, 5) is 14.5. The topological polar surface area (TPSA) is 113 Å². The van der Waals surface area contributed by atoms with E-state index in [1.807, 2.05) is 6.07 Å². The molecular weight excluding hydrogens is 238 g/mol. The van der Waals surface area contributed by atoms with Gasteiger partial charge in [-0.15, -0.1) is 0 Å².